The lowest BCUT2D eigenvalue weighted by atomic mass is 10.1. The molecule has 1 rings (SSSR count). The summed E-state index contributed by atoms with van der Waals surface area (Å²) in [6, 6.07) is 0.0153. The number of likely N-dealkylation sites (N-methyl/N-ethyl adjacent to an activating group) is 1. The zero-order valence-corrected chi connectivity index (χ0v) is 12.8. The maximum atomic E-state index is 12.0. The first kappa shape index (κ1) is 16.2. The SMILES string of the molecule is CC(CN1CCCCC1)NC(=O)N(C)CC(C)(C)O. The van der Waals surface area contributed by atoms with Gasteiger partial charge in [0.15, 0.2) is 0 Å². The summed E-state index contributed by atoms with van der Waals surface area (Å²) in [5, 5.41) is 12.7. The second kappa shape index (κ2) is 7.10. The molecule has 0 aromatic rings. The van der Waals surface area contributed by atoms with Crippen LogP contribution in [0.15, 0.2) is 0 Å². The highest BCUT2D eigenvalue weighted by Gasteiger charge is 2.21. The first-order valence-electron chi connectivity index (χ1n) is 7.24. The Morgan fingerprint density at radius 3 is 2.47 bits per heavy atom. The van der Waals surface area contributed by atoms with Gasteiger partial charge in [0.1, 0.15) is 0 Å². The number of urea groups is 1. The molecule has 2 amide bonds. The van der Waals surface area contributed by atoms with Gasteiger partial charge in [0, 0.05) is 19.6 Å². The van der Waals surface area contributed by atoms with Gasteiger partial charge in [0.2, 0.25) is 0 Å². The average molecular weight is 271 g/mol. The highest BCUT2D eigenvalue weighted by molar-refractivity contribution is 5.74. The van der Waals surface area contributed by atoms with Crippen LogP contribution in [0.2, 0.25) is 0 Å². The quantitative estimate of drug-likeness (QED) is 0.792. The van der Waals surface area contributed by atoms with Crippen LogP contribution < -0.4 is 5.32 Å². The van der Waals surface area contributed by atoms with E-state index in [9.17, 15) is 9.90 Å². The van der Waals surface area contributed by atoms with E-state index in [0.717, 1.165) is 19.6 Å². The summed E-state index contributed by atoms with van der Waals surface area (Å²) in [5.41, 5.74) is -0.859. The van der Waals surface area contributed by atoms with Crippen LogP contribution in [-0.4, -0.2) is 65.8 Å². The molecule has 0 aliphatic carbocycles. The molecule has 1 unspecified atom stereocenters. The van der Waals surface area contributed by atoms with Gasteiger partial charge in [-0.25, -0.2) is 4.79 Å². The molecule has 112 valence electrons. The molecule has 1 aliphatic heterocycles. The number of piperidine rings is 1. The summed E-state index contributed by atoms with van der Waals surface area (Å²) < 4.78 is 0. The van der Waals surface area contributed by atoms with Gasteiger partial charge in [-0.1, -0.05) is 6.42 Å². The van der Waals surface area contributed by atoms with Gasteiger partial charge in [-0.2, -0.15) is 0 Å². The van der Waals surface area contributed by atoms with Crippen molar-refractivity contribution in [1.82, 2.24) is 15.1 Å². The number of amides is 2. The molecule has 0 aromatic heterocycles. The predicted molar refractivity (Wildman–Crippen MR) is 77.2 cm³/mol. The molecule has 5 heteroatoms. The first-order chi connectivity index (χ1) is 8.78. The summed E-state index contributed by atoms with van der Waals surface area (Å²) >= 11 is 0. The maximum absolute atomic E-state index is 12.0. The van der Waals surface area contributed by atoms with E-state index >= 15 is 0 Å². The molecule has 0 bridgehead atoms. The van der Waals surface area contributed by atoms with Gasteiger partial charge in [0.25, 0.3) is 0 Å². The van der Waals surface area contributed by atoms with Gasteiger partial charge in [-0.05, 0) is 46.7 Å². The Balaban J connectivity index is 2.30. The molecule has 1 atom stereocenters. The van der Waals surface area contributed by atoms with Crippen LogP contribution in [0.4, 0.5) is 4.79 Å². The Hall–Kier alpha value is -0.810. The topological polar surface area (TPSA) is 55.8 Å². The van der Waals surface area contributed by atoms with Crippen LogP contribution in [0.3, 0.4) is 0 Å². The highest BCUT2D eigenvalue weighted by Crippen LogP contribution is 2.09. The van der Waals surface area contributed by atoms with Crippen molar-refractivity contribution in [2.75, 3.05) is 33.2 Å². The van der Waals surface area contributed by atoms with Crippen molar-refractivity contribution in [2.45, 2.75) is 51.7 Å². The number of hydrogen-bond donors (Lipinski definition) is 2. The van der Waals surface area contributed by atoms with E-state index in [1.807, 2.05) is 6.92 Å². The fourth-order valence-corrected chi connectivity index (χ4v) is 2.55. The summed E-state index contributed by atoms with van der Waals surface area (Å²) in [7, 11) is 1.71. The van der Waals surface area contributed by atoms with Crippen molar-refractivity contribution in [3.63, 3.8) is 0 Å². The van der Waals surface area contributed by atoms with E-state index in [0.29, 0.717) is 6.54 Å². The monoisotopic (exact) mass is 271 g/mol. The number of carbonyl (C=O) groups excluding carboxylic acids is 1. The number of rotatable bonds is 5. The average Bonchev–Trinajstić information content (AvgIpc) is 2.27. The summed E-state index contributed by atoms with van der Waals surface area (Å²) in [5.74, 6) is 0. The molecular formula is C14H29N3O2. The zero-order valence-electron chi connectivity index (χ0n) is 12.8. The third kappa shape index (κ3) is 6.78. The first-order valence-corrected chi connectivity index (χ1v) is 7.24. The molecule has 0 spiro atoms. The summed E-state index contributed by atoms with van der Waals surface area (Å²) in [6.07, 6.45) is 3.85. The van der Waals surface area contributed by atoms with E-state index < -0.39 is 5.60 Å². The van der Waals surface area contributed by atoms with Crippen LogP contribution >= 0.6 is 0 Å². The summed E-state index contributed by atoms with van der Waals surface area (Å²) in [4.78, 5) is 15.9. The lowest BCUT2D eigenvalue weighted by molar-refractivity contribution is 0.0526. The van der Waals surface area contributed by atoms with Crippen molar-refractivity contribution in [1.29, 1.82) is 0 Å². The van der Waals surface area contributed by atoms with Crippen LogP contribution in [0, 0.1) is 0 Å². The van der Waals surface area contributed by atoms with Gasteiger partial charge < -0.3 is 20.2 Å². The molecular weight excluding hydrogens is 242 g/mol. The Labute approximate surface area is 117 Å². The van der Waals surface area contributed by atoms with Gasteiger partial charge in [-0.3, -0.25) is 0 Å². The Morgan fingerprint density at radius 2 is 1.95 bits per heavy atom. The predicted octanol–water partition coefficient (Wildman–Crippen LogP) is 1.27. The van der Waals surface area contributed by atoms with Gasteiger partial charge >= 0.3 is 6.03 Å². The highest BCUT2D eigenvalue weighted by atomic mass is 16.3. The Kier molecular flexibility index (Phi) is 6.07. The van der Waals surface area contributed by atoms with Crippen LogP contribution in [0.1, 0.15) is 40.0 Å². The Bertz CT molecular complexity index is 283. The van der Waals surface area contributed by atoms with E-state index in [-0.39, 0.29) is 12.1 Å². The zero-order chi connectivity index (χ0) is 14.5. The van der Waals surface area contributed by atoms with Crippen LogP contribution in [0.25, 0.3) is 0 Å². The molecule has 0 radical (unpaired) electrons. The number of aliphatic hydroxyl groups is 1. The standard InChI is InChI=1S/C14H29N3O2/c1-12(10-17-8-6-5-7-9-17)15-13(18)16(4)11-14(2,3)19/h12,19H,5-11H2,1-4H3,(H,15,18). The van der Waals surface area contributed by atoms with Crippen LogP contribution in [-0.2, 0) is 0 Å². The molecule has 19 heavy (non-hydrogen) atoms. The molecule has 0 aromatic carbocycles. The largest absolute Gasteiger partial charge is 0.389 e. The maximum Gasteiger partial charge on any atom is 0.317 e. The molecule has 2 N–H and O–H groups in total. The minimum Gasteiger partial charge on any atom is -0.389 e. The molecule has 1 aliphatic rings. The Morgan fingerprint density at radius 1 is 1.37 bits per heavy atom. The molecule has 1 saturated heterocycles. The molecule has 1 fully saturated rings. The van der Waals surface area contributed by atoms with Crippen molar-refractivity contribution in [3.8, 4) is 0 Å². The molecule has 0 saturated carbocycles. The van der Waals surface area contributed by atoms with E-state index in [4.69, 9.17) is 0 Å². The number of nitrogens with one attached hydrogen (secondary N) is 1. The lowest BCUT2D eigenvalue weighted by Gasteiger charge is -2.31. The lowest BCUT2D eigenvalue weighted by Crippen LogP contribution is -2.50. The van der Waals surface area contributed by atoms with E-state index in [1.165, 1.54) is 24.2 Å². The van der Waals surface area contributed by atoms with E-state index in [1.54, 1.807) is 20.9 Å². The smallest absolute Gasteiger partial charge is 0.317 e. The van der Waals surface area contributed by atoms with Crippen molar-refractivity contribution in [2.24, 2.45) is 0 Å². The number of nitrogens with zero attached hydrogens (tertiary/aromatic N) is 2. The number of carbonyl (C=O) groups is 1. The fourth-order valence-electron chi connectivity index (χ4n) is 2.55. The minimum absolute atomic E-state index is 0.119. The molecule has 5 nitrogen and oxygen atoms in total. The number of likely N-dealkylation sites (tertiary alicyclic amines) is 1. The van der Waals surface area contributed by atoms with Crippen molar-refractivity contribution < 1.29 is 9.90 Å². The number of hydrogen-bond acceptors (Lipinski definition) is 3. The third-order valence-electron chi connectivity index (χ3n) is 3.32. The fraction of sp³-hybridized carbons (Fsp3) is 0.929. The summed E-state index contributed by atoms with van der Waals surface area (Å²) in [6.45, 7) is 8.95. The second-order valence-corrected chi connectivity index (χ2v) is 6.38. The normalized spacial score (nSPS) is 19.0. The van der Waals surface area contributed by atoms with Gasteiger partial charge in [0.05, 0.1) is 12.1 Å². The third-order valence-corrected chi connectivity index (χ3v) is 3.32. The van der Waals surface area contributed by atoms with Gasteiger partial charge in [-0.15, -0.1) is 0 Å². The van der Waals surface area contributed by atoms with Crippen molar-refractivity contribution >= 4 is 6.03 Å². The van der Waals surface area contributed by atoms with Crippen LogP contribution in [0.5, 0.6) is 0 Å². The molecule has 1 heterocycles. The van der Waals surface area contributed by atoms with Crippen molar-refractivity contribution in [3.05, 3.63) is 0 Å². The minimum atomic E-state index is -0.859. The second-order valence-electron chi connectivity index (χ2n) is 6.38. The van der Waals surface area contributed by atoms with E-state index in [2.05, 4.69) is 10.2 Å².